The molecular weight excluding hydrogens is 394 g/mol. The van der Waals surface area contributed by atoms with E-state index in [0.29, 0.717) is 11.7 Å². The number of thioether (sulfide) groups is 1. The lowest BCUT2D eigenvalue weighted by molar-refractivity contribution is -0.118. The van der Waals surface area contributed by atoms with Crippen LogP contribution in [0.5, 0.6) is 0 Å². The molecule has 1 N–H and O–H groups in total. The molecule has 0 spiro atoms. The van der Waals surface area contributed by atoms with Gasteiger partial charge in [0, 0.05) is 5.56 Å². The molecule has 0 radical (unpaired) electrons. The molecule has 0 bridgehead atoms. The van der Waals surface area contributed by atoms with E-state index in [4.69, 9.17) is 5.26 Å². The quantitative estimate of drug-likeness (QED) is 0.462. The van der Waals surface area contributed by atoms with Crippen LogP contribution in [0.2, 0.25) is 0 Å². The van der Waals surface area contributed by atoms with Crippen LogP contribution in [0.3, 0.4) is 0 Å². The molecule has 30 heavy (non-hydrogen) atoms. The second-order valence-corrected chi connectivity index (χ2v) is 8.87. The van der Waals surface area contributed by atoms with Crippen molar-refractivity contribution in [1.29, 1.82) is 5.26 Å². The monoisotopic (exact) mass is 419 g/mol. The van der Waals surface area contributed by atoms with E-state index in [-0.39, 0.29) is 23.6 Å². The maximum Gasteiger partial charge on any atom is 0.231 e. The molecule has 0 saturated heterocycles. The SMILES string of the molecule is CC(C)(C)c1ccc(-c2nnc(SCC(=O)NCC#N)n2Cc2ccccc2)cc1. The van der Waals surface area contributed by atoms with Crippen molar-refractivity contribution in [2.75, 3.05) is 12.3 Å². The minimum atomic E-state index is -0.202. The number of hydrogen-bond acceptors (Lipinski definition) is 5. The Kier molecular flexibility index (Phi) is 6.91. The Bertz CT molecular complexity index is 1030. The van der Waals surface area contributed by atoms with E-state index in [1.165, 1.54) is 17.3 Å². The standard InChI is InChI=1S/C23H25N5OS/c1-23(2,3)19-11-9-18(10-12-19)21-26-27-22(30-16-20(29)25-14-13-24)28(21)15-17-7-5-4-6-8-17/h4-12H,14-16H2,1-3H3,(H,25,29). The summed E-state index contributed by atoms with van der Waals surface area (Å²) in [5.74, 6) is 0.739. The van der Waals surface area contributed by atoms with Crippen molar-refractivity contribution in [3.63, 3.8) is 0 Å². The highest BCUT2D eigenvalue weighted by atomic mass is 32.2. The third kappa shape index (κ3) is 5.49. The Morgan fingerprint density at radius 1 is 1.10 bits per heavy atom. The number of hydrogen-bond donors (Lipinski definition) is 1. The van der Waals surface area contributed by atoms with Gasteiger partial charge in [0.05, 0.1) is 18.4 Å². The van der Waals surface area contributed by atoms with Gasteiger partial charge in [-0.15, -0.1) is 10.2 Å². The zero-order valence-corrected chi connectivity index (χ0v) is 18.2. The van der Waals surface area contributed by atoms with Gasteiger partial charge in [-0.25, -0.2) is 0 Å². The Labute approximate surface area is 181 Å². The van der Waals surface area contributed by atoms with E-state index < -0.39 is 0 Å². The molecule has 1 heterocycles. The van der Waals surface area contributed by atoms with Gasteiger partial charge >= 0.3 is 0 Å². The summed E-state index contributed by atoms with van der Waals surface area (Å²) >= 11 is 1.32. The first kappa shape index (κ1) is 21.6. The van der Waals surface area contributed by atoms with E-state index in [1.54, 1.807) is 0 Å². The molecule has 7 heteroatoms. The number of carbonyl (C=O) groups is 1. The summed E-state index contributed by atoms with van der Waals surface area (Å²) in [6.45, 7) is 7.16. The summed E-state index contributed by atoms with van der Waals surface area (Å²) < 4.78 is 2.03. The molecule has 1 amide bonds. The van der Waals surface area contributed by atoms with Crippen LogP contribution < -0.4 is 5.32 Å². The van der Waals surface area contributed by atoms with Crippen LogP contribution in [0.4, 0.5) is 0 Å². The Balaban J connectivity index is 1.89. The molecule has 154 valence electrons. The first-order chi connectivity index (χ1) is 14.4. The van der Waals surface area contributed by atoms with Crippen LogP contribution in [0.25, 0.3) is 11.4 Å². The van der Waals surface area contributed by atoms with E-state index in [0.717, 1.165) is 17.0 Å². The largest absolute Gasteiger partial charge is 0.342 e. The molecule has 3 aromatic rings. The van der Waals surface area contributed by atoms with Crippen molar-refractivity contribution in [3.8, 4) is 17.5 Å². The summed E-state index contributed by atoms with van der Waals surface area (Å²) in [4.78, 5) is 11.9. The summed E-state index contributed by atoms with van der Waals surface area (Å²) in [5.41, 5.74) is 3.44. The Morgan fingerprint density at radius 3 is 2.43 bits per heavy atom. The van der Waals surface area contributed by atoms with Gasteiger partial charge in [0.1, 0.15) is 6.54 Å². The number of rotatable bonds is 7. The lowest BCUT2D eigenvalue weighted by atomic mass is 9.87. The van der Waals surface area contributed by atoms with Crippen molar-refractivity contribution in [1.82, 2.24) is 20.1 Å². The molecule has 0 saturated carbocycles. The highest BCUT2D eigenvalue weighted by Crippen LogP contribution is 2.28. The van der Waals surface area contributed by atoms with Crippen LogP contribution in [0.1, 0.15) is 31.9 Å². The van der Waals surface area contributed by atoms with Gasteiger partial charge in [0.15, 0.2) is 11.0 Å². The van der Waals surface area contributed by atoms with E-state index in [9.17, 15) is 4.79 Å². The van der Waals surface area contributed by atoms with Crippen molar-refractivity contribution in [2.24, 2.45) is 0 Å². The van der Waals surface area contributed by atoms with E-state index in [2.05, 4.69) is 72.7 Å². The van der Waals surface area contributed by atoms with Gasteiger partial charge in [0.25, 0.3) is 0 Å². The van der Waals surface area contributed by atoms with Crippen molar-refractivity contribution in [2.45, 2.75) is 37.9 Å². The van der Waals surface area contributed by atoms with Gasteiger partial charge in [-0.3, -0.25) is 9.36 Å². The number of nitrogens with zero attached hydrogens (tertiary/aromatic N) is 4. The highest BCUT2D eigenvalue weighted by molar-refractivity contribution is 7.99. The second kappa shape index (κ2) is 9.59. The zero-order valence-electron chi connectivity index (χ0n) is 17.4. The van der Waals surface area contributed by atoms with Crippen LogP contribution in [0, 0.1) is 11.3 Å². The lowest BCUT2D eigenvalue weighted by Crippen LogP contribution is -2.25. The Hall–Kier alpha value is -3.11. The van der Waals surface area contributed by atoms with Crippen LogP contribution >= 0.6 is 11.8 Å². The summed E-state index contributed by atoms with van der Waals surface area (Å²) in [6.07, 6.45) is 0. The van der Waals surface area contributed by atoms with Gasteiger partial charge < -0.3 is 5.32 Å². The average molecular weight is 420 g/mol. The first-order valence-electron chi connectivity index (χ1n) is 9.73. The Morgan fingerprint density at radius 2 is 1.80 bits per heavy atom. The van der Waals surface area contributed by atoms with Crippen LogP contribution in [0.15, 0.2) is 59.8 Å². The number of benzene rings is 2. The smallest absolute Gasteiger partial charge is 0.231 e. The molecule has 3 rings (SSSR count). The van der Waals surface area contributed by atoms with Crippen molar-refractivity contribution >= 4 is 17.7 Å². The number of nitrogens with one attached hydrogen (secondary N) is 1. The number of amides is 1. The lowest BCUT2D eigenvalue weighted by Gasteiger charge is -2.19. The molecule has 0 aliphatic carbocycles. The maximum atomic E-state index is 11.9. The fourth-order valence-electron chi connectivity index (χ4n) is 2.96. The van der Waals surface area contributed by atoms with Gasteiger partial charge in [-0.1, -0.05) is 87.1 Å². The molecule has 0 aliphatic rings. The van der Waals surface area contributed by atoms with Gasteiger partial charge in [0.2, 0.25) is 5.91 Å². The van der Waals surface area contributed by atoms with E-state index in [1.807, 2.05) is 28.8 Å². The van der Waals surface area contributed by atoms with E-state index >= 15 is 0 Å². The predicted octanol–water partition coefficient (Wildman–Crippen LogP) is 4.02. The molecule has 0 atom stereocenters. The molecule has 1 aromatic heterocycles. The minimum Gasteiger partial charge on any atom is -0.342 e. The van der Waals surface area contributed by atoms with Crippen LogP contribution in [-0.4, -0.2) is 33.0 Å². The normalized spacial score (nSPS) is 11.1. The molecular formula is C23H25N5OS. The number of carbonyl (C=O) groups excluding carboxylic acids is 1. The first-order valence-corrected chi connectivity index (χ1v) is 10.7. The number of nitriles is 1. The minimum absolute atomic E-state index is 0.00146. The molecule has 2 aromatic carbocycles. The summed E-state index contributed by atoms with van der Waals surface area (Å²) in [5, 5.41) is 20.6. The summed E-state index contributed by atoms with van der Waals surface area (Å²) in [6, 6.07) is 20.4. The van der Waals surface area contributed by atoms with Crippen molar-refractivity contribution < 1.29 is 4.79 Å². The predicted molar refractivity (Wildman–Crippen MR) is 119 cm³/mol. The fourth-order valence-corrected chi connectivity index (χ4v) is 3.72. The molecule has 0 unspecified atom stereocenters. The topological polar surface area (TPSA) is 83.6 Å². The second-order valence-electron chi connectivity index (χ2n) is 7.93. The fraction of sp³-hybridized carbons (Fsp3) is 0.304. The zero-order chi connectivity index (χ0) is 21.6. The highest BCUT2D eigenvalue weighted by Gasteiger charge is 2.18. The molecule has 6 nitrogen and oxygen atoms in total. The van der Waals surface area contributed by atoms with Crippen molar-refractivity contribution in [3.05, 3.63) is 65.7 Å². The van der Waals surface area contributed by atoms with Gasteiger partial charge in [-0.05, 0) is 16.5 Å². The summed E-state index contributed by atoms with van der Waals surface area (Å²) in [7, 11) is 0. The molecule has 0 aliphatic heterocycles. The number of aromatic nitrogens is 3. The maximum absolute atomic E-state index is 11.9. The molecule has 0 fully saturated rings. The van der Waals surface area contributed by atoms with Crippen LogP contribution in [-0.2, 0) is 16.8 Å². The third-order valence-electron chi connectivity index (χ3n) is 4.61. The third-order valence-corrected chi connectivity index (χ3v) is 5.57. The average Bonchev–Trinajstić information content (AvgIpc) is 3.13. The van der Waals surface area contributed by atoms with Gasteiger partial charge in [-0.2, -0.15) is 5.26 Å².